The van der Waals surface area contributed by atoms with E-state index in [9.17, 15) is 9.59 Å². The molecule has 1 unspecified atom stereocenters. The summed E-state index contributed by atoms with van der Waals surface area (Å²) in [5, 5.41) is 0. The highest BCUT2D eigenvalue weighted by atomic mass is 16.2. The Bertz CT molecular complexity index is 919. The number of anilines is 2. The van der Waals surface area contributed by atoms with Gasteiger partial charge in [-0.3, -0.25) is 9.59 Å². The van der Waals surface area contributed by atoms with Crippen LogP contribution in [-0.4, -0.2) is 24.9 Å². The number of nitrogens with zero attached hydrogens (tertiary/aromatic N) is 2. The Hall–Kier alpha value is -2.62. The van der Waals surface area contributed by atoms with Crippen LogP contribution in [0.2, 0.25) is 0 Å². The van der Waals surface area contributed by atoms with E-state index in [0.29, 0.717) is 18.9 Å². The molecule has 2 amide bonds. The fourth-order valence-electron chi connectivity index (χ4n) is 4.59. The third-order valence-corrected chi connectivity index (χ3v) is 6.01. The fourth-order valence-corrected chi connectivity index (χ4v) is 4.59. The second kappa shape index (κ2) is 7.42. The maximum absolute atomic E-state index is 13.3. The number of hydrogen-bond donors (Lipinski definition) is 0. The van der Waals surface area contributed by atoms with Crippen LogP contribution in [0, 0.1) is 12.8 Å². The molecule has 0 spiro atoms. The molecule has 2 aromatic rings. The second-order valence-corrected chi connectivity index (χ2v) is 8.29. The minimum atomic E-state index is -0.279. The minimum Gasteiger partial charge on any atom is -0.312 e. The number of carbonyl (C=O) groups is 2. The van der Waals surface area contributed by atoms with Gasteiger partial charge < -0.3 is 9.80 Å². The van der Waals surface area contributed by atoms with Gasteiger partial charge in [0.15, 0.2) is 0 Å². The third-order valence-electron chi connectivity index (χ3n) is 6.01. The SMILES string of the molecule is Cc1cccc(C(C)C)c1N1CC(C(=O)N2CCCc3ccccc32)CC1=O. The largest absolute Gasteiger partial charge is 0.312 e. The molecule has 0 aromatic heterocycles. The summed E-state index contributed by atoms with van der Waals surface area (Å²) in [6.07, 6.45) is 2.28. The molecule has 0 aliphatic carbocycles. The van der Waals surface area contributed by atoms with Crippen molar-refractivity contribution in [3.05, 3.63) is 59.2 Å². The number of fused-ring (bicyclic) bond motifs is 1. The second-order valence-electron chi connectivity index (χ2n) is 8.29. The normalized spacial score (nSPS) is 19.3. The zero-order valence-corrected chi connectivity index (χ0v) is 16.9. The standard InChI is InChI=1S/C24H28N2O2/c1-16(2)20-11-6-8-17(3)23(20)26-15-19(14-22(26)27)24(28)25-13-7-10-18-9-4-5-12-21(18)25/h4-6,8-9,11-12,16,19H,7,10,13-15H2,1-3H3. The lowest BCUT2D eigenvalue weighted by molar-refractivity contribution is -0.124. The number of amides is 2. The maximum atomic E-state index is 13.3. The van der Waals surface area contributed by atoms with Gasteiger partial charge >= 0.3 is 0 Å². The van der Waals surface area contributed by atoms with E-state index in [0.717, 1.165) is 36.3 Å². The molecule has 146 valence electrons. The quantitative estimate of drug-likeness (QED) is 0.794. The van der Waals surface area contributed by atoms with Crippen molar-refractivity contribution in [3.8, 4) is 0 Å². The molecule has 0 radical (unpaired) electrons. The van der Waals surface area contributed by atoms with Gasteiger partial charge in [0.05, 0.1) is 5.92 Å². The molecular formula is C24H28N2O2. The van der Waals surface area contributed by atoms with Crippen molar-refractivity contribution in [2.24, 2.45) is 5.92 Å². The highest BCUT2D eigenvalue weighted by Gasteiger charge is 2.39. The minimum absolute atomic E-state index is 0.0554. The van der Waals surface area contributed by atoms with E-state index in [1.165, 1.54) is 11.1 Å². The first kappa shape index (κ1) is 18.7. The highest BCUT2D eigenvalue weighted by molar-refractivity contribution is 6.05. The van der Waals surface area contributed by atoms with Crippen LogP contribution in [-0.2, 0) is 16.0 Å². The van der Waals surface area contributed by atoms with Gasteiger partial charge in [-0.1, -0.05) is 50.2 Å². The molecule has 4 rings (SSSR count). The number of para-hydroxylation sites is 2. The van der Waals surface area contributed by atoms with Crippen LogP contribution in [0.3, 0.4) is 0 Å². The van der Waals surface area contributed by atoms with Gasteiger partial charge in [0.1, 0.15) is 0 Å². The topological polar surface area (TPSA) is 40.6 Å². The van der Waals surface area contributed by atoms with Gasteiger partial charge in [-0.05, 0) is 48.4 Å². The Balaban J connectivity index is 1.61. The predicted octanol–water partition coefficient (Wildman–Crippen LogP) is 4.45. The number of aryl methyl sites for hydroxylation is 2. The molecule has 0 saturated carbocycles. The third kappa shape index (κ3) is 3.21. The summed E-state index contributed by atoms with van der Waals surface area (Å²) in [6.45, 7) is 7.55. The number of rotatable bonds is 3. The van der Waals surface area contributed by atoms with Crippen LogP contribution in [0.15, 0.2) is 42.5 Å². The average molecular weight is 377 g/mol. The fraction of sp³-hybridized carbons (Fsp3) is 0.417. The number of benzene rings is 2. The van der Waals surface area contributed by atoms with Gasteiger partial charge in [-0.2, -0.15) is 0 Å². The Morgan fingerprint density at radius 3 is 2.68 bits per heavy atom. The lowest BCUT2D eigenvalue weighted by atomic mass is 9.97. The summed E-state index contributed by atoms with van der Waals surface area (Å²) in [5.41, 5.74) is 5.50. The summed E-state index contributed by atoms with van der Waals surface area (Å²) < 4.78 is 0. The van der Waals surface area contributed by atoms with Crippen LogP contribution < -0.4 is 9.80 Å². The summed E-state index contributed by atoms with van der Waals surface area (Å²) in [4.78, 5) is 30.0. The van der Waals surface area contributed by atoms with Gasteiger partial charge in [0, 0.05) is 30.9 Å². The van der Waals surface area contributed by atoms with Crippen molar-refractivity contribution in [2.45, 2.75) is 46.0 Å². The molecule has 1 atom stereocenters. The van der Waals surface area contributed by atoms with Gasteiger partial charge in [-0.15, -0.1) is 0 Å². The van der Waals surface area contributed by atoms with E-state index in [4.69, 9.17) is 0 Å². The van der Waals surface area contributed by atoms with Gasteiger partial charge in [0.25, 0.3) is 0 Å². The monoisotopic (exact) mass is 376 g/mol. The Kier molecular flexibility index (Phi) is 4.96. The van der Waals surface area contributed by atoms with Crippen molar-refractivity contribution < 1.29 is 9.59 Å². The van der Waals surface area contributed by atoms with E-state index in [1.54, 1.807) is 0 Å². The molecule has 2 heterocycles. The van der Waals surface area contributed by atoms with E-state index < -0.39 is 0 Å². The van der Waals surface area contributed by atoms with Crippen molar-refractivity contribution >= 4 is 23.2 Å². The number of carbonyl (C=O) groups excluding carboxylic acids is 2. The zero-order valence-electron chi connectivity index (χ0n) is 16.9. The molecule has 4 nitrogen and oxygen atoms in total. The molecule has 0 N–H and O–H groups in total. The van der Waals surface area contributed by atoms with E-state index in [2.05, 4.69) is 26.0 Å². The molecule has 2 aliphatic rings. The van der Waals surface area contributed by atoms with Crippen LogP contribution in [0.5, 0.6) is 0 Å². The molecule has 1 saturated heterocycles. The van der Waals surface area contributed by atoms with Gasteiger partial charge in [-0.25, -0.2) is 0 Å². The first-order valence-electron chi connectivity index (χ1n) is 10.3. The van der Waals surface area contributed by atoms with Gasteiger partial charge in [0.2, 0.25) is 11.8 Å². The van der Waals surface area contributed by atoms with Crippen LogP contribution >= 0.6 is 0 Å². The molecular weight excluding hydrogens is 348 g/mol. The lowest BCUT2D eigenvalue weighted by Gasteiger charge is -2.31. The van der Waals surface area contributed by atoms with Crippen LogP contribution in [0.1, 0.15) is 49.3 Å². The smallest absolute Gasteiger partial charge is 0.232 e. The van der Waals surface area contributed by atoms with Crippen molar-refractivity contribution in [2.75, 3.05) is 22.9 Å². The van der Waals surface area contributed by atoms with Crippen LogP contribution in [0.4, 0.5) is 11.4 Å². The van der Waals surface area contributed by atoms with Crippen molar-refractivity contribution in [3.63, 3.8) is 0 Å². The molecule has 1 fully saturated rings. The highest BCUT2D eigenvalue weighted by Crippen LogP contribution is 2.36. The Morgan fingerprint density at radius 2 is 1.89 bits per heavy atom. The van der Waals surface area contributed by atoms with E-state index in [1.807, 2.05) is 47.1 Å². The summed E-state index contributed by atoms with van der Waals surface area (Å²) in [5.74, 6) is 0.187. The molecule has 4 heteroatoms. The molecule has 2 aliphatic heterocycles. The average Bonchev–Trinajstić information content (AvgIpc) is 3.08. The first-order valence-corrected chi connectivity index (χ1v) is 10.3. The molecule has 0 bridgehead atoms. The Labute approximate surface area is 167 Å². The van der Waals surface area contributed by atoms with E-state index >= 15 is 0 Å². The summed E-state index contributed by atoms with van der Waals surface area (Å²) >= 11 is 0. The maximum Gasteiger partial charge on any atom is 0.232 e. The molecule has 2 aromatic carbocycles. The summed E-state index contributed by atoms with van der Waals surface area (Å²) in [7, 11) is 0. The molecule has 28 heavy (non-hydrogen) atoms. The predicted molar refractivity (Wildman–Crippen MR) is 113 cm³/mol. The van der Waals surface area contributed by atoms with Crippen molar-refractivity contribution in [1.29, 1.82) is 0 Å². The van der Waals surface area contributed by atoms with Crippen LogP contribution in [0.25, 0.3) is 0 Å². The first-order chi connectivity index (χ1) is 13.5. The lowest BCUT2D eigenvalue weighted by Crippen LogP contribution is -2.40. The number of hydrogen-bond acceptors (Lipinski definition) is 2. The van der Waals surface area contributed by atoms with E-state index in [-0.39, 0.29) is 17.7 Å². The summed E-state index contributed by atoms with van der Waals surface area (Å²) in [6, 6.07) is 14.3. The van der Waals surface area contributed by atoms with Crippen molar-refractivity contribution in [1.82, 2.24) is 0 Å². The Morgan fingerprint density at radius 1 is 1.11 bits per heavy atom. The zero-order chi connectivity index (χ0) is 19.8.